The Labute approximate surface area is 183 Å². The van der Waals surface area contributed by atoms with E-state index in [1.54, 1.807) is 0 Å². The Kier molecular flexibility index (Phi) is 7.32. The first-order valence-electron chi connectivity index (χ1n) is 10.2. The molecule has 0 spiro atoms. The molecule has 0 unspecified atom stereocenters. The van der Waals surface area contributed by atoms with Gasteiger partial charge in [0.15, 0.2) is 0 Å². The number of allylic oxidation sites excluding steroid dienone is 4. The predicted octanol–water partition coefficient (Wildman–Crippen LogP) is 6.84. The van der Waals surface area contributed by atoms with Gasteiger partial charge in [-0.1, -0.05) is 48.1 Å². The summed E-state index contributed by atoms with van der Waals surface area (Å²) in [5.74, 6) is -1.13. The van der Waals surface area contributed by atoms with Crippen molar-refractivity contribution in [1.29, 1.82) is 0 Å². The van der Waals surface area contributed by atoms with E-state index in [0.717, 1.165) is 30.0 Å². The molecule has 1 N–H and O–H groups in total. The van der Waals surface area contributed by atoms with Gasteiger partial charge in [0.25, 0.3) is 0 Å². The van der Waals surface area contributed by atoms with Crippen LogP contribution in [0.4, 0.5) is 8.78 Å². The normalized spacial score (nSPS) is 19.1. The van der Waals surface area contributed by atoms with Crippen LogP contribution in [0.1, 0.15) is 47.9 Å². The summed E-state index contributed by atoms with van der Waals surface area (Å²) in [5.41, 5.74) is 6.11. The van der Waals surface area contributed by atoms with Crippen molar-refractivity contribution >= 4 is 24.3 Å². The van der Waals surface area contributed by atoms with E-state index in [-0.39, 0.29) is 6.61 Å². The van der Waals surface area contributed by atoms with Crippen LogP contribution in [-0.2, 0) is 0 Å². The standard InChI is InChI=1S/C26H28F2OS/c1-18-6-7-21(12-19(18)2)13-22(23-14-24(27)16-25(28)15-23)5-3-4-20-8-10-26(30,17-29)11-9-20/h6-10,12-16,29-30H,3-5,11,17H2,1-2H3/t26-/m0/s1. The number of aliphatic hydroxyl groups is 1. The first-order chi connectivity index (χ1) is 14.3. The van der Waals surface area contributed by atoms with Crippen LogP contribution in [0, 0.1) is 25.5 Å². The molecule has 4 heteroatoms. The molecule has 1 aliphatic rings. The minimum absolute atomic E-state index is 0.00434. The number of halogens is 2. The Balaban J connectivity index is 1.79. The molecule has 2 aromatic rings. The zero-order valence-electron chi connectivity index (χ0n) is 17.5. The molecule has 0 aromatic heterocycles. The minimum atomic E-state index is -0.567. The summed E-state index contributed by atoms with van der Waals surface area (Å²) < 4.78 is 27.2. The fourth-order valence-corrected chi connectivity index (χ4v) is 3.75. The lowest BCUT2D eigenvalue weighted by Crippen LogP contribution is -2.24. The minimum Gasteiger partial charge on any atom is -0.395 e. The van der Waals surface area contributed by atoms with Gasteiger partial charge in [0.2, 0.25) is 0 Å². The van der Waals surface area contributed by atoms with E-state index in [9.17, 15) is 13.9 Å². The van der Waals surface area contributed by atoms with E-state index in [1.165, 1.54) is 28.8 Å². The van der Waals surface area contributed by atoms with E-state index in [1.807, 2.05) is 24.3 Å². The number of aliphatic hydroxyl groups excluding tert-OH is 1. The maximum Gasteiger partial charge on any atom is 0.126 e. The van der Waals surface area contributed by atoms with Crippen LogP contribution in [-0.4, -0.2) is 16.5 Å². The van der Waals surface area contributed by atoms with Gasteiger partial charge in [0.1, 0.15) is 11.6 Å². The number of benzene rings is 2. The van der Waals surface area contributed by atoms with Crippen molar-refractivity contribution in [3.63, 3.8) is 0 Å². The highest BCUT2D eigenvalue weighted by atomic mass is 32.1. The summed E-state index contributed by atoms with van der Waals surface area (Å²) in [6.45, 7) is 4.13. The second-order valence-electron chi connectivity index (χ2n) is 8.10. The number of thiol groups is 1. The van der Waals surface area contributed by atoms with Crippen molar-refractivity contribution in [2.45, 2.75) is 44.3 Å². The molecule has 2 aromatic carbocycles. The van der Waals surface area contributed by atoms with Gasteiger partial charge < -0.3 is 5.11 Å². The lowest BCUT2D eigenvalue weighted by Gasteiger charge is -2.24. The largest absolute Gasteiger partial charge is 0.395 e. The summed E-state index contributed by atoms with van der Waals surface area (Å²) >= 11 is 4.49. The lowest BCUT2D eigenvalue weighted by atomic mass is 9.92. The SMILES string of the molecule is Cc1ccc(C=C(CCCC2=CC[C@](S)(CO)C=C2)c2cc(F)cc(F)c2)cc1C. The molecule has 1 aliphatic carbocycles. The maximum absolute atomic E-state index is 13.9. The van der Waals surface area contributed by atoms with Gasteiger partial charge in [-0.25, -0.2) is 8.78 Å². The molecule has 0 amide bonds. The van der Waals surface area contributed by atoms with Crippen molar-refractivity contribution in [3.05, 3.63) is 94.1 Å². The molecular formula is C26H28F2OS. The van der Waals surface area contributed by atoms with Crippen LogP contribution in [0.2, 0.25) is 0 Å². The summed E-state index contributed by atoms with van der Waals surface area (Å²) in [5, 5.41) is 9.41. The van der Waals surface area contributed by atoms with Crippen LogP contribution >= 0.6 is 12.6 Å². The Hall–Kier alpha value is -2.17. The van der Waals surface area contributed by atoms with Crippen LogP contribution < -0.4 is 0 Å². The quantitative estimate of drug-likeness (QED) is 0.367. The molecule has 0 heterocycles. The zero-order chi connectivity index (χ0) is 21.7. The first kappa shape index (κ1) is 22.5. The van der Waals surface area contributed by atoms with Crippen molar-refractivity contribution in [2.75, 3.05) is 6.61 Å². The molecule has 0 aliphatic heterocycles. The second-order valence-corrected chi connectivity index (χ2v) is 8.99. The molecule has 158 valence electrons. The molecular weight excluding hydrogens is 398 g/mol. The van der Waals surface area contributed by atoms with Gasteiger partial charge in [-0.3, -0.25) is 0 Å². The third-order valence-corrected chi connectivity index (χ3v) is 6.09. The highest BCUT2D eigenvalue weighted by Crippen LogP contribution is 2.31. The van der Waals surface area contributed by atoms with Crippen molar-refractivity contribution in [3.8, 4) is 0 Å². The van der Waals surface area contributed by atoms with Crippen LogP contribution in [0.15, 0.2) is 60.2 Å². The van der Waals surface area contributed by atoms with Gasteiger partial charge in [-0.2, -0.15) is 12.6 Å². The summed E-state index contributed by atoms with van der Waals surface area (Å²) in [7, 11) is 0. The predicted molar refractivity (Wildman–Crippen MR) is 125 cm³/mol. The third-order valence-electron chi connectivity index (χ3n) is 5.62. The highest BCUT2D eigenvalue weighted by molar-refractivity contribution is 7.82. The molecule has 0 bridgehead atoms. The van der Waals surface area contributed by atoms with E-state index in [0.29, 0.717) is 18.4 Å². The maximum atomic E-state index is 13.9. The zero-order valence-corrected chi connectivity index (χ0v) is 18.4. The van der Waals surface area contributed by atoms with E-state index < -0.39 is 16.4 Å². The summed E-state index contributed by atoms with van der Waals surface area (Å²) in [4.78, 5) is 0. The van der Waals surface area contributed by atoms with E-state index in [4.69, 9.17) is 0 Å². The Morgan fingerprint density at radius 3 is 2.43 bits per heavy atom. The topological polar surface area (TPSA) is 20.2 Å². The number of rotatable bonds is 7. The van der Waals surface area contributed by atoms with Crippen LogP contribution in [0.25, 0.3) is 11.6 Å². The van der Waals surface area contributed by atoms with Gasteiger partial charge in [-0.15, -0.1) is 0 Å². The highest BCUT2D eigenvalue weighted by Gasteiger charge is 2.22. The molecule has 30 heavy (non-hydrogen) atoms. The number of aryl methyl sites for hydroxylation is 2. The Morgan fingerprint density at radius 1 is 1.10 bits per heavy atom. The van der Waals surface area contributed by atoms with Gasteiger partial charge in [0.05, 0.1) is 11.4 Å². The Morgan fingerprint density at radius 2 is 1.83 bits per heavy atom. The van der Waals surface area contributed by atoms with Crippen molar-refractivity contribution in [2.24, 2.45) is 0 Å². The third kappa shape index (κ3) is 5.93. The summed E-state index contributed by atoms with van der Waals surface area (Å²) in [6, 6.07) is 9.88. The van der Waals surface area contributed by atoms with Gasteiger partial charge in [-0.05, 0) is 79.5 Å². The van der Waals surface area contributed by atoms with Crippen LogP contribution in [0.3, 0.4) is 0 Å². The fourth-order valence-electron chi connectivity index (χ4n) is 3.59. The van der Waals surface area contributed by atoms with E-state index in [2.05, 4.69) is 44.7 Å². The fraction of sp³-hybridized carbons (Fsp3) is 0.308. The average molecular weight is 427 g/mol. The lowest BCUT2D eigenvalue weighted by molar-refractivity contribution is 0.269. The molecule has 0 saturated carbocycles. The van der Waals surface area contributed by atoms with Crippen molar-refractivity contribution < 1.29 is 13.9 Å². The molecule has 0 radical (unpaired) electrons. The molecule has 1 nitrogen and oxygen atoms in total. The number of hydrogen-bond donors (Lipinski definition) is 2. The average Bonchev–Trinajstić information content (AvgIpc) is 2.71. The molecule has 0 fully saturated rings. The van der Waals surface area contributed by atoms with Gasteiger partial charge in [0, 0.05) is 6.07 Å². The summed E-state index contributed by atoms with van der Waals surface area (Å²) in [6.07, 6.45) is 11.2. The Bertz CT molecular complexity index is 986. The monoisotopic (exact) mass is 426 g/mol. The molecule has 3 rings (SSSR count). The molecule has 1 atom stereocenters. The first-order valence-corrected chi connectivity index (χ1v) is 10.7. The molecule has 0 saturated heterocycles. The van der Waals surface area contributed by atoms with Crippen LogP contribution in [0.5, 0.6) is 0 Å². The smallest absolute Gasteiger partial charge is 0.126 e. The number of hydrogen-bond acceptors (Lipinski definition) is 2. The van der Waals surface area contributed by atoms with Gasteiger partial charge >= 0.3 is 0 Å². The van der Waals surface area contributed by atoms with Crippen molar-refractivity contribution in [1.82, 2.24) is 0 Å². The second kappa shape index (κ2) is 9.76. The van der Waals surface area contributed by atoms with E-state index >= 15 is 0 Å².